The van der Waals surface area contributed by atoms with Gasteiger partial charge >= 0.3 is 0 Å². The van der Waals surface area contributed by atoms with Crippen LogP contribution >= 0.6 is 0 Å². The molecule has 0 atom stereocenters. The van der Waals surface area contributed by atoms with E-state index in [2.05, 4.69) is 16.5 Å². The van der Waals surface area contributed by atoms with Crippen LogP contribution in [0.2, 0.25) is 0 Å². The fourth-order valence-electron chi connectivity index (χ4n) is 2.04. The van der Waals surface area contributed by atoms with E-state index in [4.69, 9.17) is 5.73 Å². The van der Waals surface area contributed by atoms with Crippen LogP contribution in [-0.4, -0.2) is 18.1 Å². The van der Waals surface area contributed by atoms with Crippen molar-refractivity contribution in [2.24, 2.45) is 0 Å². The second-order valence-electron chi connectivity index (χ2n) is 4.47. The van der Waals surface area contributed by atoms with Crippen LogP contribution in [0.3, 0.4) is 0 Å². The molecule has 86 valence electrons. The first kappa shape index (κ1) is 11.0. The van der Waals surface area contributed by atoms with Crippen molar-refractivity contribution in [3.8, 4) is 0 Å². The van der Waals surface area contributed by atoms with Crippen LogP contribution in [0.5, 0.6) is 0 Å². The van der Waals surface area contributed by atoms with Crippen LogP contribution in [0.15, 0.2) is 18.7 Å². The van der Waals surface area contributed by atoms with E-state index in [0.29, 0.717) is 0 Å². The number of allylic oxidation sites excluding steroid dienone is 1. The van der Waals surface area contributed by atoms with E-state index in [9.17, 15) is 0 Å². The number of nitrogen functional groups attached to an aromatic ring is 1. The lowest BCUT2D eigenvalue weighted by Crippen LogP contribution is -2.30. The van der Waals surface area contributed by atoms with Gasteiger partial charge < -0.3 is 10.6 Å². The predicted molar refractivity (Wildman–Crippen MR) is 69.4 cm³/mol. The van der Waals surface area contributed by atoms with Crippen LogP contribution in [0, 0.1) is 0 Å². The highest BCUT2D eigenvalue weighted by molar-refractivity contribution is 5.65. The molecule has 0 aliphatic carbocycles. The largest absolute Gasteiger partial charge is 0.399 e. The minimum atomic E-state index is 0.772. The molecule has 1 aromatic rings. The van der Waals surface area contributed by atoms with Gasteiger partial charge in [-0.3, -0.25) is 0 Å². The van der Waals surface area contributed by atoms with Gasteiger partial charge in [0.2, 0.25) is 0 Å². The maximum Gasteiger partial charge on any atom is 0.131 e. The summed E-state index contributed by atoms with van der Waals surface area (Å²) in [6.07, 6.45) is 3.82. The summed E-state index contributed by atoms with van der Waals surface area (Å²) in [5, 5.41) is 0. The third-order valence-electron chi connectivity index (χ3n) is 2.95. The number of anilines is 2. The number of piperidine rings is 1. The molecule has 0 saturated carbocycles. The van der Waals surface area contributed by atoms with Crippen molar-refractivity contribution < 1.29 is 0 Å². The first-order chi connectivity index (χ1) is 7.66. The Labute approximate surface area is 97.0 Å². The Bertz CT molecular complexity index is 392. The third-order valence-corrected chi connectivity index (χ3v) is 2.95. The minimum Gasteiger partial charge on any atom is -0.399 e. The monoisotopic (exact) mass is 217 g/mol. The van der Waals surface area contributed by atoms with Crippen LogP contribution in [0.25, 0.3) is 5.57 Å². The van der Waals surface area contributed by atoms with E-state index >= 15 is 0 Å². The van der Waals surface area contributed by atoms with Crippen molar-refractivity contribution in [3.05, 3.63) is 24.4 Å². The Morgan fingerprint density at radius 3 is 2.62 bits per heavy atom. The summed E-state index contributed by atoms with van der Waals surface area (Å²) in [6.45, 7) is 8.05. The van der Waals surface area contributed by atoms with E-state index in [1.807, 2.05) is 19.1 Å². The number of pyridine rings is 1. The molecule has 1 fully saturated rings. The van der Waals surface area contributed by atoms with Crippen LogP contribution in [0.1, 0.15) is 31.9 Å². The summed E-state index contributed by atoms with van der Waals surface area (Å²) in [7, 11) is 0. The molecule has 1 aromatic heterocycles. The Morgan fingerprint density at radius 2 is 2.00 bits per heavy atom. The van der Waals surface area contributed by atoms with Gasteiger partial charge in [0.25, 0.3) is 0 Å². The number of hydrogen-bond acceptors (Lipinski definition) is 3. The molecular weight excluding hydrogens is 198 g/mol. The minimum absolute atomic E-state index is 0.772. The van der Waals surface area contributed by atoms with Crippen LogP contribution < -0.4 is 10.6 Å². The molecule has 0 unspecified atom stereocenters. The van der Waals surface area contributed by atoms with Gasteiger partial charge in [0.1, 0.15) is 5.82 Å². The fourth-order valence-corrected chi connectivity index (χ4v) is 2.04. The van der Waals surface area contributed by atoms with Crippen LogP contribution in [0.4, 0.5) is 11.5 Å². The Hall–Kier alpha value is -1.51. The van der Waals surface area contributed by atoms with Crippen molar-refractivity contribution in [2.45, 2.75) is 26.2 Å². The van der Waals surface area contributed by atoms with Gasteiger partial charge in [0.05, 0.1) is 5.69 Å². The summed E-state index contributed by atoms with van der Waals surface area (Å²) >= 11 is 0. The molecule has 2 rings (SSSR count). The summed E-state index contributed by atoms with van der Waals surface area (Å²) < 4.78 is 0. The molecule has 0 amide bonds. The number of hydrogen-bond donors (Lipinski definition) is 1. The molecular formula is C13H19N3. The van der Waals surface area contributed by atoms with Crippen molar-refractivity contribution in [2.75, 3.05) is 23.7 Å². The number of rotatable bonds is 2. The molecule has 0 bridgehead atoms. The van der Waals surface area contributed by atoms with E-state index in [-0.39, 0.29) is 0 Å². The van der Waals surface area contributed by atoms with Crippen molar-refractivity contribution in [1.82, 2.24) is 4.98 Å². The SMILES string of the molecule is C=C(C)c1cc(N)cc(N2CCCCC2)n1. The lowest BCUT2D eigenvalue weighted by atomic mass is 10.1. The summed E-state index contributed by atoms with van der Waals surface area (Å²) in [6, 6.07) is 3.84. The quantitative estimate of drug-likeness (QED) is 0.828. The second kappa shape index (κ2) is 4.56. The molecule has 0 radical (unpaired) electrons. The van der Waals surface area contributed by atoms with E-state index in [1.54, 1.807) is 0 Å². The standard InChI is InChI=1S/C13H19N3/c1-10(2)12-8-11(14)9-13(15-12)16-6-4-3-5-7-16/h8-9H,1,3-7H2,2H3,(H2,14,15). The zero-order valence-electron chi connectivity index (χ0n) is 9.87. The smallest absolute Gasteiger partial charge is 0.131 e. The Morgan fingerprint density at radius 1 is 1.31 bits per heavy atom. The topological polar surface area (TPSA) is 42.1 Å². The fraction of sp³-hybridized carbons (Fsp3) is 0.462. The zero-order valence-corrected chi connectivity index (χ0v) is 9.87. The number of nitrogens with two attached hydrogens (primary N) is 1. The molecule has 2 N–H and O–H groups in total. The Kier molecular flexibility index (Phi) is 3.13. The molecule has 2 heterocycles. The second-order valence-corrected chi connectivity index (χ2v) is 4.47. The lowest BCUT2D eigenvalue weighted by molar-refractivity contribution is 0.573. The van der Waals surface area contributed by atoms with Gasteiger partial charge in [0.15, 0.2) is 0 Å². The molecule has 16 heavy (non-hydrogen) atoms. The predicted octanol–water partition coefficient (Wildman–Crippen LogP) is 2.69. The zero-order chi connectivity index (χ0) is 11.5. The summed E-state index contributed by atoms with van der Waals surface area (Å²) in [5.74, 6) is 0.998. The van der Waals surface area contributed by atoms with Gasteiger partial charge in [-0.1, -0.05) is 6.58 Å². The van der Waals surface area contributed by atoms with Crippen LogP contribution in [-0.2, 0) is 0 Å². The van der Waals surface area contributed by atoms with E-state index in [0.717, 1.165) is 35.9 Å². The van der Waals surface area contributed by atoms with Gasteiger partial charge in [-0.05, 0) is 37.8 Å². The Balaban J connectivity index is 2.28. The van der Waals surface area contributed by atoms with Gasteiger partial charge in [-0.15, -0.1) is 0 Å². The van der Waals surface area contributed by atoms with Crippen molar-refractivity contribution in [1.29, 1.82) is 0 Å². The lowest BCUT2D eigenvalue weighted by Gasteiger charge is -2.28. The van der Waals surface area contributed by atoms with E-state index < -0.39 is 0 Å². The molecule has 1 aliphatic rings. The highest BCUT2D eigenvalue weighted by Crippen LogP contribution is 2.23. The average Bonchev–Trinajstić information content (AvgIpc) is 2.29. The molecule has 1 saturated heterocycles. The summed E-state index contributed by atoms with van der Waals surface area (Å²) in [5.41, 5.74) is 8.53. The highest BCUT2D eigenvalue weighted by Gasteiger charge is 2.13. The van der Waals surface area contributed by atoms with Gasteiger partial charge in [-0.2, -0.15) is 0 Å². The third kappa shape index (κ3) is 2.35. The van der Waals surface area contributed by atoms with Gasteiger partial charge in [0, 0.05) is 24.8 Å². The first-order valence-electron chi connectivity index (χ1n) is 5.85. The molecule has 3 nitrogen and oxygen atoms in total. The number of aromatic nitrogens is 1. The molecule has 0 aromatic carbocycles. The highest BCUT2D eigenvalue weighted by atomic mass is 15.2. The van der Waals surface area contributed by atoms with Crippen molar-refractivity contribution in [3.63, 3.8) is 0 Å². The van der Waals surface area contributed by atoms with E-state index in [1.165, 1.54) is 19.3 Å². The van der Waals surface area contributed by atoms with Crippen molar-refractivity contribution >= 4 is 17.1 Å². The normalized spacial score (nSPS) is 16.2. The van der Waals surface area contributed by atoms with Gasteiger partial charge in [-0.25, -0.2) is 4.98 Å². The molecule has 1 aliphatic heterocycles. The number of nitrogens with zero attached hydrogens (tertiary/aromatic N) is 2. The maximum atomic E-state index is 5.90. The first-order valence-corrected chi connectivity index (χ1v) is 5.85. The average molecular weight is 217 g/mol. The maximum absolute atomic E-state index is 5.90. The summed E-state index contributed by atoms with van der Waals surface area (Å²) in [4.78, 5) is 6.91. The molecule has 0 spiro atoms. The molecule has 3 heteroatoms.